The summed E-state index contributed by atoms with van der Waals surface area (Å²) in [6, 6.07) is 7.80. The fraction of sp³-hybridized carbons (Fsp3) is 0.464. The molecule has 1 saturated heterocycles. The first kappa shape index (κ1) is 31.9. The molecule has 43 heavy (non-hydrogen) atoms. The minimum absolute atomic E-state index is 0.153. The Hall–Kier alpha value is -4.03. The van der Waals surface area contributed by atoms with E-state index in [0.717, 1.165) is 18.4 Å². The van der Waals surface area contributed by atoms with Crippen LogP contribution < -0.4 is 15.9 Å². The lowest BCUT2D eigenvalue weighted by Gasteiger charge is -2.48. The fourth-order valence-electron chi connectivity index (χ4n) is 5.31. The number of nitrogens with one attached hydrogen (secondary N) is 1. The van der Waals surface area contributed by atoms with Crippen molar-refractivity contribution in [2.24, 2.45) is 7.05 Å². The predicted molar refractivity (Wildman–Crippen MR) is 154 cm³/mol. The van der Waals surface area contributed by atoms with Gasteiger partial charge in [0.15, 0.2) is 5.82 Å². The highest BCUT2D eigenvalue weighted by Gasteiger charge is 2.40. The molecule has 1 aliphatic rings. The van der Waals surface area contributed by atoms with Gasteiger partial charge in [0.1, 0.15) is 33.2 Å². The molecule has 0 spiro atoms. The second-order valence-electron chi connectivity index (χ2n) is 10.7. The van der Waals surface area contributed by atoms with Gasteiger partial charge >= 0.3 is 11.9 Å². The van der Waals surface area contributed by atoms with Crippen molar-refractivity contribution in [2.75, 3.05) is 36.5 Å². The van der Waals surface area contributed by atoms with E-state index >= 15 is 0 Å². The van der Waals surface area contributed by atoms with E-state index in [4.69, 9.17) is 0 Å². The van der Waals surface area contributed by atoms with Gasteiger partial charge in [-0.05, 0) is 43.2 Å². The highest BCUT2D eigenvalue weighted by molar-refractivity contribution is 7.90. The summed E-state index contributed by atoms with van der Waals surface area (Å²) in [6.45, 7) is 4.15. The Balaban J connectivity index is 1.73. The summed E-state index contributed by atoms with van der Waals surface area (Å²) in [4.78, 5) is 38.8. The molecule has 2 aromatic heterocycles. The van der Waals surface area contributed by atoms with Gasteiger partial charge in [0.05, 0.1) is 16.8 Å². The molecule has 3 aromatic rings. The van der Waals surface area contributed by atoms with Crippen LogP contribution in [-0.2, 0) is 27.9 Å². The third-order valence-electron chi connectivity index (χ3n) is 7.58. The zero-order chi connectivity index (χ0) is 31.7. The van der Waals surface area contributed by atoms with E-state index in [1.54, 1.807) is 13.1 Å². The molecule has 0 radical (unpaired) electrons. The topological polar surface area (TPSA) is 141 Å². The second-order valence-corrected chi connectivity index (χ2v) is 12.9. The third-order valence-corrected chi connectivity index (χ3v) is 8.53. The Morgan fingerprint density at radius 3 is 2.42 bits per heavy atom. The number of sulfone groups is 1. The van der Waals surface area contributed by atoms with Crippen molar-refractivity contribution in [1.82, 2.24) is 24.8 Å². The van der Waals surface area contributed by atoms with E-state index in [1.165, 1.54) is 22.8 Å². The van der Waals surface area contributed by atoms with E-state index in [1.807, 2.05) is 29.7 Å². The molecule has 3 heterocycles. The smallest absolute Gasteiger partial charge is 0.353 e. The molecular formula is C28H32F3N7O4S. The third kappa shape index (κ3) is 6.97. The molecule has 0 saturated carbocycles. The van der Waals surface area contributed by atoms with Crippen molar-refractivity contribution < 1.29 is 26.4 Å². The van der Waals surface area contributed by atoms with Crippen LogP contribution in [-0.4, -0.2) is 77.5 Å². The SMILES string of the molecule is CC[C@@H]1CN(c2nc(=O)n(C)c3ccc(C#N)nc23)[C@@H](C)CN1C(C(=O)NCCS(C)(=O)=O)c1ccc(C(F)(F)F)cc1. The number of carbonyl (C=O) groups is 1. The van der Waals surface area contributed by atoms with Crippen LogP contribution >= 0.6 is 0 Å². The van der Waals surface area contributed by atoms with Crippen LogP contribution in [0.25, 0.3) is 11.0 Å². The largest absolute Gasteiger partial charge is 0.416 e. The second kappa shape index (κ2) is 12.3. The highest BCUT2D eigenvalue weighted by Crippen LogP contribution is 2.35. The number of piperazine rings is 1. The van der Waals surface area contributed by atoms with Gasteiger partial charge < -0.3 is 10.2 Å². The number of pyridine rings is 1. The van der Waals surface area contributed by atoms with Crippen molar-refractivity contribution in [2.45, 2.75) is 44.6 Å². The van der Waals surface area contributed by atoms with Gasteiger partial charge in [-0.1, -0.05) is 19.1 Å². The molecule has 0 aliphatic carbocycles. The van der Waals surface area contributed by atoms with Crippen molar-refractivity contribution in [3.05, 3.63) is 63.7 Å². The van der Waals surface area contributed by atoms with E-state index < -0.39 is 39.2 Å². The van der Waals surface area contributed by atoms with Crippen LogP contribution in [0.2, 0.25) is 0 Å². The highest BCUT2D eigenvalue weighted by atomic mass is 32.2. The molecule has 1 aliphatic heterocycles. The number of rotatable bonds is 8. The van der Waals surface area contributed by atoms with Crippen molar-refractivity contribution >= 4 is 32.6 Å². The summed E-state index contributed by atoms with van der Waals surface area (Å²) < 4.78 is 64.5. The summed E-state index contributed by atoms with van der Waals surface area (Å²) >= 11 is 0. The average Bonchev–Trinajstić information content (AvgIpc) is 2.94. The summed E-state index contributed by atoms with van der Waals surface area (Å²) in [5.41, 5.74) is -0.0316. The quantitative estimate of drug-likeness (QED) is 0.402. The van der Waals surface area contributed by atoms with Crippen molar-refractivity contribution in [3.63, 3.8) is 0 Å². The standard InChI is InChI=1S/C28H32F3N7O4S/c1-5-21-16-37(25-23-22(36(3)27(40)35-25)11-10-20(14-32)34-23)17(2)15-38(21)24(26(39)33-12-13-43(4,41)42)18-6-8-19(9-7-18)28(29,30)31/h6-11,17,21,24H,5,12-13,15-16H2,1-4H3,(H,33,39)/t17-,21+,24?/m0/s1. The van der Waals surface area contributed by atoms with E-state index in [9.17, 15) is 36.4 Å². The number of carbonyl (C=O) groups excluding carboxylic acids is 1. The van der Waals surface area contributed by atoms with Gasteiger partial charge in [-0.3, -0.25) is 14.3 Å². The first-order valence-electron chi connectivity index (χ1n) is 13.6. The Labute approximate surface area is 246 Å². The Kier molecular flexibility index (Phi) is 9.12. The molecule has 1 fully saturated rings. The lowest BCUT2D eigenvalue weighted by molar-refractivity contribution is -0.137. The Morgan fingerprint density at radius 1 is 1.16 bits per heavy atom. The van der Waals surface area contributed by atoms with Crippen LogP contribution in [0.4, 0.5) is 19.0 Å². The van der Waals surface area contributed by atoms with Gasteiger partial charge in [0.2, 0.25) is 5.91 Å². The molecule has 230 valence electrons. The van der Waals surface area contributed by atoms with Crippen LogP contribution in [0.3, 0.4) is 0 Å². The van der Waals surface area contributed by atoms with Gasteiger partial charge in [-0.25, -0.2) is 18.2 Å². The summed E-state index contributed by atoms with van der Waals surface area (Å²) in [5.74, 6) is -0.538. The first-order valence-corrected chi connectivity index (χ1v) is 15.6. The number of hydrogen-bond acceptors (Lipinski definition) is 9. The Morgan fingerprint density at radius 2 is 1.84 bits per heavy atom. The molecule has 15 heteroatoms. The van der Waals surface area contributed by atoms with Crippen LogP contribution in [0.1, 0.15) is 43.1 Å². The molecule has 11 nitrogen and oxygen atoms in total. The minimum Gasteiger partial charge on any atom is -0.353 e. The van der Waals surface area contributed by atoms with E-state index in [0.29, 0.717) is 35.4 Å². The van der Waals surface area contributed by atoms with Gasteiger partial charge in [0, 0.05) is 45.0 Å². The maximum atomic E-state index is 13.6. The summed E-state index contributed by atoms with van der Waals surface area (Å²) in [6.07, 6.45) is -2.99. The molecule has 1 amide bonds. The van der Waals surface area contributed by atoms with Crippen LogP contribution in [0.5, 0.6) is 0 Å². The van der Waals surface area contributed by atoms with Gasteiger partial charge in [-0.2, -0.15) is 23.4 Å². The van der Waals surface area contributed by atoms with Crippen molar-refractivity contribution in [1.29, 1.82) is 5.26 Å². The molecule has 1 unspecified atom stereocenters. The summed E-state index contributed by atoms with van der Waals surface area (Å²) in [7, 11) is -1.81. The number of hydrogen-bond donors (Lipinski definition) is 1. The normalized spacial score (nSPS) is 18.8. The summed E-state index contributed by atoms with van der Waals surface area (Å²) in [5, 5.41) is 12.1. The van der Waals surface area contributed by atoms with Gasteiger partial charge in [0.25, 0.3) is 0 Å². The monoisotopic (exact) mass is 619 g/mol. The molecule has 3 atom stereocenters. The maximum Gasteiger partial charge on any atom is 0.416 e. The molecule has 1 aromatic carbocycles. The van der Waals surface area contributed by atoms with Crippen LogP contribution in [0.15, 0.2) is 41.2 Å². The van der Waals surface area contributed by atoms with E-state index in [-0.39, 0.29) is 36.6 Å². The molecule has 0 bridgehead atoms. The number of anilines is 1. The zero-order valence-corrected chi connectivity index (χ0v) is 24.9. The number of halogens is 3. The average molecular weight is 620 g/mol. The number of amides is 1. The molecular weight excluding hydrogens is 587 g/mol. The fourth-order valence-corrected chi connectivity index (χ4v) is 5.79. The number of nitriles is 1. The number of fused-ring (bicyclic) bond motifs is 1. The predicted octanol–water partition coefficient (Wildman–Crippen LogP) is 2.41. The lowest BCUT2D eigenvalue weighted by Crippen LogP contribution is -2.60. The number of benzene rings is 1. The minimum atomic E-state index is -4.56. The van der Waals surface area contributed by atoms with Crippen LogP contribution in [0, 0.1) is 11.3 Å². The first-order chi connectivity index (χ1) is 20.1. The zero-order valence-electron chi connectivity index (χ0n) is 24.1. The maximum absolute atomic E-state index is 13.6. The molecule has 1 N–H and O–H groups in total. The number of alkyl halides is 3. The number of aryl methyl sites for hydroxylation is 1. The molecule has 4 rings (SSSR count). The number of nitrogens with zero attached hydrogens (tertiary/aromatic N) is 6. The lowest BCUT2D eigenvalue weighted by atomic mass is 9.96. The Bertz CT molecular complexity index is 1720. The van der Waals surface area contributed by atoms with E-state index in [2.05, 4.69) is 15.3 Å². The number of aromatic nitrogens is 3. The van der Waals surface area contributed by atoms with Gasteiger partial charge in [-0.15, -0.1) is 0 Å². The van der Waals surface area contributed by atoms with Crippen molar-refractivity contribution in [3.8, 4) is 6.07 Å².